The summed E-state index contributed by atoms with van der Waals surface area (Å²) in [5, 5.41) is 4.59. The van der Waals surface area contributed by atoms with Crippen LogP contribution in [0.4, 0.5) is 0 Å². The minimum Gasteiger partial charge on any atom is -0.307 e. The van der Waals surface area contributed by atoms with Gasteiger partial charge in [0.2, 0.25) is 0 Å². The maximum absolute atomic E-state index is 13.8. The van der Waals surface area contributed by atoms with Gasteiger partial charge >= 0.3 is 0 Å². The van der Waals surface area contributed by atoms with Crippen molar-refractivity contribution in [3.8, 4) is 0 Å². The van der Waals surface area contributed by atoms with Crippen molar-refractivity contribution in [3.05, 3.63) is 99.3 Å². The molecule has 0 unspecified atom stereocenters. The third kappa shape index (κ3) is 1.80. The molecule has 4 aromatic carbocycles. The van der Waals surface area contributed by atoms with E-state index in [1.54, 1.807) is 11.3 Å². The van der Waals surface area contributed by atoms with Crippen LogP contribution in [0.25, 0.3) is 58.3 Å². The lowest BCUT2D eigenvalue weighted by Crippen LogP contribution is -2.14. The lowest BCUT2D eigenvalue weighted by molar-refractivity contribution is 1.31. The van der Waals surface area contributed by atoms with Gasteiger partial charge in [-0.3, -0.25) is 9.59 Å². The maximum atomic E-state index is 13.8. The van der Waals surface area contributed by atoms with E-state index in [1.165, 1.54) is 0 Å². The first-order valence-corrected chi connectivity index (χ1v) is 10.6. The number of hydrogen-bond acceptors (Lipinski definition) is 3. The van der Waals surface area contributed by atoms with Crippen LogP contribution >= 0.6 is 11.3 Å². The summed E-state index contributed by atoms with van der Waals surface area (Å²) in [6, 6.07) is 25.5. The van der Waals surface area contributed by atoms with Crippen molar-refractivity contribution in [2.75, 3.05) is 0 Å². The van der Waals surface area contributed by atoms with Gasteiger partial charge in [0.1, 0.15) is 0 Å². The number of nitrogens with zero attached hydrogens (tertiary/aromatic N) is 1. The van der Waals surface area contributed by atoms with Gasteiger partial charge in [0, 0.05) is 36.3 Å². The first-order valence-electron chi connectivity index (χ1n) is 9.80. The molecule has 30 heavy (non-hydrogen) atoms. The van der Waals surface area contributed by atoms with Gasteiger partial charge in [-0.1, -0.05) is 42.5 Å². The second-order valence-corrected chi connectivity index (χ2v) is 8.73. The highest BCUT2D eigenvalue weighted by Crippen LogP contribution is 2.40. The zero-order valence-electron chi connectivity index (χ0n) is 15.7. The Hall–Kier alpha value is -3.76. The molecule has 0 atom stereocenters. The van der Waals surface area contributed by atoms with Crippen LogP contribution in [0.2, 0.25) is 0 Å². The molecule has 4 heteroatoms. The molecule has 0 N–H and O–H groups in total. The van der Waals surface area contributed by atoms with Crippen LogP contribution < -0.4 is 10.9 Å². The largest absolute Gasteiger partial charge is 0.307 e. The van der Waals surface area contributed by atoms with Gasteiger partial charge in [-0.2, -0.15) is 0 Å². The van der Waals surface area contributed by atoms with Gasteiger partial charge in [-0.15, -0.1) is 11.3 Å². The number of aromatic nitrogens is 1. The molecular weight excluding hydrogens is 390 g/mol. The summed E-state index contributed by atoms with van der Waals surface area (Å²) in [6.07, 6.45) is 0. The molecule has 0 radical (unpaired) electrons. The van der Waals surface area contributed by atoms with E-state index in [1.807, 2.05) is 66.7 Å². The fraction of sp³-hybridized carbons (Fsp3) is 0. The summed E-state index contributed by atoms with van der Waals surface area (Å²) in [4.78, 5) is 27.3. The molecule has 3 aromatic heterocycles. The van der Waals surface area contributed by atoms with Crippen LogP contribution in [-0.4, -0.2) is 4.40 Å². The Kier molecular flexibility index (Phi) is 2.91. The monoisotopic (exact) mass is 403 g/mol. The molecule has 0 bridgehead atoms. The molecule has 0 aliphatic heterocycles. The van der Waals surface area contributed by atoms with E-state index in [2.05, 4.69) is 16.5 Å². The van der Waals surface area contributed by atoms with Crippen molar-refractivity contribution in [1.29, 1.82) is 0 Å². The SMILES string of the molecule is O=c1c2ccccc2n2c3ccccc3c(=O)c3c4c(cc1c32)sc1ccccc14. The van der Waals surface area contributed by atoms with E-state index in [0.29, 0.717) is 21.5 Å². The Bertz CT molecular complexity index is 1930. The first kappa shape index (κ1) is 16.1. The Morgan fingerprint density at radius 1 is 0.567 bits per heavy atom. The van der Waals surface area contributed by atoms with Crippen LogP contribution in [0.5, 0.6) is 0 Å². The van der Waals surface area contributed by atoms with Crippen LogP contribution in [-0.2, 0) is 0 Å². The van der Waals surface area contributed by atoms with Gasteiger partial charge in [0.15, 0.2) is 10.9 Å². The zero-order chi connectivity index (χ0) is 20.0. The second-order valence-electron chi connectivity index (χ2n) is 7.65. The predicted octanol–water partition coefficient (Wildman–Crippen LogP) is 5.93. The average Bonchev–Trinajstić information content (AvgIpc) is 3.16. The van der Waals surface area contributed by atoms with Crippen molar-refractivity contribution >= 4 is 69.6 Å². The number of pyridine rings is 2. The number of rotatable bonds is 0. The van der Waals surface area contributed by atoms with E-state index in [-0.39, 0.29) is 10.9 Å². The molecule has 0 aliphatic carbocycles. The quantitative estimate of drug-likeness (QED) is 0.233. The third-order valence-electron chi connectivity index (χ3n) is 6.11. The molecule has 0 aliphatic rings. The van der Waals surface area contributed by atoms with E-state index < -0.39 is 0 Å². The highest BCUT2D eigenvalue weighted by atomic mass is 32.1. The molecule has 140 valence electrons. The standard InChI is InChI=1S/C26H13NO2S/c28-25-14-7-1-4-10-18(14)27-19-11-5-2-8-15(19)26(29)23-22-16-9-3-6-12-20(16)30-21(22)13-17(25)24(23)27/h1-13H. The molecule has 0 saturated heterocycles. The summed E-state index contributed by atoms with van der Waals surface area (Å²) in [5.41, 5.74) is 2.34. The van der Waals surface area contributed by atoms with Gasteiger partial charge in [-0.25, -0.2) is 0 Å². The van der Waals surface area contributed by atoms with Gasteiger partial charge in [0.25, 0.3) is 0 Å². The summed E-state index contributed by atoms with van der Waals surface area (Å²) in [7, 11) is 0. The lowest BCUT2D eigenvalue weighted by Gasteiger charge is -2.15. The lowest BCUT2D eigenvalue weighted by atomic mass is 9.99. The Balaban J connectivity index is 2.01. The van der Waals surface area contributed by atoms with Crippen LogP contribution in [0.1, 0.15) is 0 Å². The normalized spacial score (nSPS) is 12.3. The fourth-order valence-electron chi connectivity index (χ4n) is 4.87. The number of benzene rings is 4. The predicted molar refractivity (Wildman–Crippen MR) is 127 cm³/mol. The summed E-state index contributed by atoms with van der Waals surface area (Å²) < 4.78 is 4.20. The van der Waals surface area contributed by atoms with Crippen molar-refractivity contribution in [2.45, 2.75) is 0 Å². The molecule has 0 amide bonds. The Labute approximate surface area is 173 Å². The minimum absolute atomic E-state index is 0.0144. The van der Waals surface area contributed by atoms with Crippen molar-refractivity contribution < 1.29 is 0 Å². The molecule has 0 saturated carbocycles. The highest BCUT2D eigenvalue weighted by molar-refractivity contribution is 7.26. The molecule has 7 aromatic rings. The summed E-state index contributed by atoms with van der Waals surface area (Å²) in [5.74, 6) is 0. The van der Waals surface area contributed by atoms with Crippen LogP contribution in [0.15, 0.2) is 88.5 Å². The highest BCUT2D eigenvalue weighted by Gasteiger charge is 2.21. The fourth-order valence-corrected chi connectivity index (χ4v) is 6.03. The molecule has 7 rings (SSSR count). The van der Waals surface area contributed by atoms with Crippen molar-refractivity contribution in [3.63, 3.8) is 0 Å². The first-order chi connectivity index (χ1) is 14.7. The number of hydrogen-bond donors (Lipinski definition) is 0. The van der Waals surface area contributed by atoms with Crippen LogP contribution in [0, 0.1) is 0 Å². The second kappa shape index (κ2) is 5.43. The number of thiophene rings is 1. The smallest absolute Gasteiger partial charge is 0.197 e. The Morgan fingerprint density at radius 3 is 1.90 bits per heavy atom. The summed E-state index contributed by atoms with van der Waals surface area (Å²) >= 11 is 1.63. The van der Waals surface area contributed by atoms with Gasteiger partial charge < -0.3 is 4.40 Å². The third-order valence-corrected chi connectivity index (χ3v) is 7.23. The van der Waals surface area contributed by atoms with Crippen molar-refractivity contribution in [2.24, 2.45) is 0 Å². The number of para-hydroxylation sites is 2. The van der Waals surface area contributed by atoms with Gasteiger partial charge in [0.05, 0.1) is 21.9 Å². The minimum atomic E-state index is -0.0235. The topological polar surface area (TPSA) is 38.5 Å². The molecular formula is C26H13NO2S. The molecule has 3 nitrogen and oxygen atoms in total. The van der Waals surface area contributed by atoms with E-state index in [0.717, 1.165) is 36.7 Å². The maximum Gasteiger partial charge on any atom is 0.197 e. The van der Waals surface area contributed by atoms with E-state index in [4.69, 9.17) is 0 Å². The average molecular weight is 403 g/mol. The van der Waals surface area contributed by atoms with Crippen molar-refractivity contribution in [1.82, 2.24) is 4.40 Å². The molecule has 0 fully saturated rings. The molecule has 0 spiro atoms. The van der Waals surface area contributed by atoms with E-state index >= 15 is 0 Å². The van der Waals surface area contributed by atoms with Gasteiger partial charge in [-0.05, 0) is 36.4 Å². The van der Waals surface area contributed by atoms with Crippen LogP contribution in [0.3, 0.4) is 0 Å². The summed E-state index contributed by atoms with van der Waals surface area (Å²) in [6.45, 7) is 0. The number of fused-ring (bicyclic) bond motifs is 8. The van der Waals surface area contributed by atoms with E-state index in [9.17, 15) is 9.59 Å². The molecule has 3 heterocycles. The Morgan fingerprint density at radius 2 is 1.17 bits per heavy atom. The zero-order valence-corrected chi connectivity index (χ0v) is 16.5.